The molecule has 0 bridgehead atoms. The van der Waals surface area contributed by atoms with E-state index in [0.717, 1.165) is 32.2 Å². The molecule has 0 radical (unpaired) electrons. The first-order chi connectivity index (χ1) is 7.63. The minimum absolute atomic E-state index is 0.0381. The molecular weight excluding hydrogens is 204 g/mol. The lowest BCUT2D eigenvalue weighted by atomic mass is 9.82. The first kappa shape index (κ1) is 13.5. The van der Waals surface area contributed by atoms with Gasteiger partial charge in [0.1, 0.15) is 0 Å². The maximum atomic E-state index is 11.7. The monoisotopic (exact) mass is 228 g/mol. The van der Waals surface area contributed by atoms with Crippen molar-refractivity contribution >= 4 is 5.91 Å². The predicted octanol–water partition coefficient (Wildman–Crippen LogP) is 1.46. The second-order valence-corrected chi connectivity index (χ2v) is 5.12. The fourth-order valence-corrected chi connectivity index (χ4v) is 2.02. The molecule has 1 fully saturated rings. The number of hydrogen-bond donors (Lipinski definition) is 2. The molecule has 1 aliphatic rings. The van der Waals surface area contributed by atoms with Crippen LogP contribution in [0.5, 0.6) is 0 Å². The molecule has 3 N–H and O–H groups in total. The minimum atomic E-state index is 0.0381. The SMILES string of the molecule is CC(C)CONC(=O)C1CCC(CN)CC1. The van der Waals surface area contributed by atoms with Crippen LogP contribution in [0.2, 0.25) is 0 Å². The maximum absolute atomic E-state index is 11.7. The van der Waals surface area contributed by atoms with Gasteiger partial charge in [-0.1, -0.05) is 13.8 Å². The highest BCUT2D eigenvalue weighted by molar-refractivity contribution is 5.77. The van der Waals surface area contributed by atoms with E-state index >= 15 is 0 Å². The molecule has 1 saturated carbocycles. The molecule has 0 saturated heterocycles. The summed E-state index contributed by atoms with van der Waals surface area (Å²) in [5.41, 5.74) is 8.16. The summed E-state index contributed by atoms with van der Waals surface area (Å²) in [6.07, 6.45) is 4.02. The van der Waals surface area contributed by atoms with Crippen molar-refractivity contribution in [3.8, 4) is 0 Å². The summed E-state index contributed by atoms with van der Waals surface area (Å²) in [7, 11) is 0. The summed E-state index contributed by atoms with van der Waals surface area (Å²) in [5.74, 6) is 1.21. The predicted molar refractivity (Wildman–Crippen MR) is 63.4 cm³/mol. The van der Waals surface area contributed by atoms with Gasteiger partial charge in [-0.2, -0.15) is 0 Å². The van der Waals surface area contributed by atoms with Crippen molar-refractivity contribution in [1.82, 2.24) is 5.48 Å². The largest absolute Gasteiger partial charge is 0.330 e. The topological polar surface area (TPSA) is 64.3 Å². The average molecular weight is 228 g/mol. The summed E-state index contributed by atoms with van der Waals surface area (Å²) in [5, 5.41) is 0. The van der Waals surface area contributed by atoms with Crippen LogP contribution in [-0.2, 0) is 9.63 Å². The van der Waals surface area contributed by atoms with Crippen molar-refractivity contribution in [2.75, 3.05) is 13.2 Å². The highest BCUT2D eigenvalue weighted by atomic mass is 16.6. The Bertz CT molecular complexity index is 211. The molecule has 4 nitrogen and oxygen atoms in total. The van der Waals surface area contributed by atoms with Gasteiger partial charge in [0.15, 0.2) is 0 Å². The zero-order valence-electron chi connectivity index (χ0n) is 10.4. The van der Waals surface area contributed by atoms with Crippen molar-refractivity contribution < 1.29 is 9.63 Å². The molecule has 0 aliphatic heterocycles. The maximum Gasteiger partial charge on any atom is 0.246 e. The molecule has 16 heavy (non-hydrogen) atoms. The Morgan fingerprint density at radius 3 is 2.50 bits per heavy atom. The quantitative estimate of drug-likeness (QED) is 0.700. The lowest BCUT2D eigenvalue weighted by Gasteiger charge is -2.26. The Labute approximate surface area is 97.9 Å². The van der Waals surface area contributed by atoms with E-state index in [-0.39, 0.29) is 11.8 Å². The van der Waals surface area contributed by atoms with Crippen molar-refractivity contribution in [3.05, 3.63) is 0 Å². The van der Waals surface area contributed by atoms with Crippen molar-refractivity contribution in [2.24, 2.45) is 23.5 Å². The van der Waals surface area contributed by atoms with Crippen LogP contribution in [0.15, 0.2) is 0 Å². The van der Waals surface area contributed by atoms with Crippen LogP contribution in [0, 0.1) is 17.8 Å². The van der Waals surface area contributed by atoms with Gasteiger partial charge in [-0.15, -0.1) is 0 Å². The molecule has 0 unspecified atom stereocenters. The number of nitrogens with two attached hydrogens (primary N) is 1. The van der Waals surface area contributed by atoms with Gasteiger partial charge in [-0.05, 0) is 44.1 Å². The summed E-state index contributed by atoms with van der Waals surface area (Å²) < 4.78 is 0. The van der Waals surface area contributed by atoms with Gasteiger partial charge < -0.3 is 5.73 Å². The van der Waals surface area contributed by atoms with Crippen LogP contribution < -0.4 is 11.2 Å². The second-order valence-electron chi connectivity index (χ2n) is 5.12. The number of hydroxylamine groups is 1. The first-order valence-corrected chi connectivity index (χ1v) is 6.25. The zero-order chi connectivity index (χ0) is 12.0. The summed E-state index contributed by atoms with van der Waals surface area (Å²) in [6, 6.07) is 0. The number of rotatable bonds is 5. The van der Waals surface area contributed by atoms with Crippen LogP contribution >= 0.6 is 0 Å². The van der Waals surface area contributed by atoms with Crippen LogP contribution in [0.4, 0.5) is 0 Å². The molecule has 1 amide bonds. The van der Waals surface area contributed by atoms with E-state index in [1.165, 1.54) is 0 Å². The van der Waals surface area contributed by atoms with Crippen LogP contribution in [-0.4, -0.2) is 19.1 Å². The van der Waals surface area contributed by atoms with Gasteiger partial charge in [0.25, 0.3) is 0 Å². The Balaban J connectivity index is 2.18. The van der Waals surface area contributed by atoms with Gasteiger partial charge >= 0.3 is 0 Å². The van der Waals surface area contributed by atoms with Crippen LogP contribution in [0.3, 0.4) is 0 Å². The normalized spacial score (nSPS) is 25.8. The summed E-state index contributed by atoms with van der Waals surface area (Å²) in [6.45, 7) is 5.43. The molecule has 94 valence electrons. The third kappa shape index (κ3) is 4.49. The molecule has 4 heteroatoms. The number of nitrogens with one attached hydrogen (secondary N) is 1. The van der Waals surface area contributed by atoms with E-state index in [2.05, 4.69) is 19.3 Å². The van der Waals surface area contributed by atoms with Gasteiger partial charge in [0.05, 0.1) is 6.61 Å². The molecule has 0 aromatic carbocycles. The fourth-order valence-electron chi connectivity index (χ4n) is 2.02. The van der Waals surface area contributed by atoms with Crippen LogP contribution in [0.1, 0.15) is 39.5 Å². The van der Waals surface area contributed by atoms with Gasteiger partial charge in [0, 0.05) is 5.92 Å². The Morgan fingerprint density at radius 1 is 1.38 bits per heavy atom. The Kier molecular flexibility index (Phi) is 5.77. The van der Waals surface area contributed by atoms with Gasteiger partial charge in [-0.25, -0.2) is 5.48 Å². The third-order valence-corrected chi connectivity index (χ3v) is 3.14. The van der Waals surface area contributed by atoms with Crippen LogP contribution in [0.25, 0.3) is 0 Å². The van der Waals surface area contributed by atoms with E-state index in [1.807, 2.05) is 0 Å². The summed E-state index contributed by atoms with van der Waals surface area (Å²) in [4.78, 5) is 16.8. The van der Waals surface area contributed by atoms with E-state index < -0.39 is 0 Å². The molecule has 0 aromatic rings. The number of carbonyl (C=O) groups excluding carboxylic acids is 1. The fraction of sp³-hybridized carbons (Fsp3) is 0.917. The van der Waals surface area contributed by atoms with Gasteiger partial charge in [0.2, 0.25) is 5.91 Å². The molecular formula is C12H24N2O2. The number of carbonyl (C=O) groups is 1. The zero-order valence-corrected chi connectivity index (χ0v) is 10.4. The molecule has 0 spiro atoms. The Morgan fingerprint density at radius 2 is 2.00 bits per heavy atom. The summed E-state index contributed by atoms with van der Waals surface area (Å²) >= 11 is 0. The third-order valence-electron chi connectivity index (χ3n) is 3.14. The molecule has 0 heterocycles. The van der Waals surface area contributed by atoms with E-state index in [9.17, 15) is 4.79 Å². The first-order valence-electron chi connectivity index (χ1n) is 6.25. The lowest BCUT2D eigenvalue weighted by molar-refractivity contribution is -0.139. The molecule has 1 aliphatic carbocycles. The van der Waals surface area contributed by atoms with E-state index in [0.29, 0.717) is 18.4 Å². The smallest absolute Gasteiger partial charge is 0.246 e. The lowest BCUT2D eigenvalue weighted by Crippen LogP contribution is -2.35. The average Bonchev–Trinajstić information content (AvgIpc) is 2.28. The standard InChI is InChI=1S/C12H24N2O2/c1-9(2)8-16-14-12(15)11-5-3-10(7-13)4-6-11/h9-11H,3-8,13H2,1-2H3,(H,14,15). The van der Waals surface area contributed by atoms with E-state index in [4.69, 9.17) is 10.6 Å². The molecule has 0 aromatic heterocycles. The number of amides is 1. The highest BCUT2D eigenvalue weighted by Gasteiger charge is 2.25. The highest BCUT2D eigenvalue weighted by Crippen LogP contribution is 2.28. The van der Waals surface area contributed by atoms with E-state index in [1.54, 1.807) is 0 Å². The minimum Gasteiger partial charge on any atom is -0.330 e. The molecule has 1 rings (SSSR count). The van der Waals surface area contributed by atoms with Crippen molar-refractivity contribution in [2.45, 2.75) is 39.5 Å². The Hall–Kier alpha value is -0.610. The van der Waals surface area contributed by atoms with Crippen molar-refractivity contribution in [3.63, 3.8) is 0 Å². The van der Waals surface area contributed by atoms with Crippen molar-refractivity contribution in [1.29, 1.82) is 0 Å². The number of hydrogen-bond acceptors (Lipinski definition) is 3. The molecule has 0 atom stereocenters. The second kappa shape index (κ2) is 6.86. The van der Waals surface area contributed by atoms with Gasteiger partial charge in [-0.3, -0.25) is 9.63 Å².